The largest absolute Gasteiger partial charge is 0.378 e. The summed E-state index contributed by atoms with van der Waals surface area (Å²) in [5.41, 5.74) is 1.58. The molecule has 4 rings (SSSR count). The molecule has 160 valence electrons. The van der Waals surface area contributed by atoms with E-state index < -0.39 is 26.5 Å². The summed E-state index contributed by atoms with van der Waals surface area (Å²) in [4.78, 5) is 27.7. The van der Waals surface area contributed by atoms with Gasteiger partial charge in [-0.25, -0.2) is 13.1 Å². The second-order valence-electron chi connectivity index (χ2n) is 7.74. The van der Waals surface area contributed by atoms with E-state index >= 15 is 0 Å². The van der Waals surface area contributed by atoms with Gasteiger partial charge in [0.1, 0.15) is 5.70 Å². The highest BCUT2D eigenvalue weighted by Gasteiger charge is 2.41. The summed E-state index contributed by atoms with van der Waals surface area (Å²) in [6.07, 6.45) is 7.07. The Morgan fingerprint density at radius 1 is 1.00 bits per heavy atom. The second kappa shape index (κ2) is 8.83. The molecule has 7 nitrogen and oxygen atoms in total. The van der Waals surface area contributed by atoms with Crippen LogP contribution in [-0.4, -0.2) is 57.7 Å². The van der Waals surface area contributed by atoms with Crippen LogP contribution in [0.2, 0.25) is 0 Å². The average Bonchev–Trinajstić information content (AvgIpc) is 2.77. The van der Waals surface area contributed by atoms with Gasteiger partial charge < -0.3 is 9.64 Å². The maximum absolute atomic E-state index is 13.2. The summed E-state index contributed by atoms with van der Waals surface area (Å²) in [6.45, 7) is 1.69. The first-order valence-corrected chi connectivity index (χ1v) is 11.9. The Labute approximate surface area is 176 Å². The molecule has 1 aromatic carbocycles. The quantitative estimate of drug-likeness (QED) is 0.697. The van der Waals surface area contributed by atoms with Crippen LogP contribution >= 0.6 is 0 Å². The van der Waals surface area contributed by atoms with Crippen LogP contribution in [-0.2, 0) is 14.8 Å². The van der Waals surface area contributed by atoms with E-state index in [1.165, 1.54) is 18.1 Å². The molecular weight excluding hydrogens is 404 g/mol. The smallest absolute Gasteiger partial charge is 0.246 e. The zero-order valence-corrected chi connectivity index (χ0v) is 17.7. The molecule has 1 saturated heterocycles. The minimum Gasteiger partial charge on any atom is -0.378 e. The highest BCUT2D eigenvalue weighted by atomic mass is 32.2. The number of allylic oxidation sites excluding steroid dienone is 3. The van der Waals surface area contributed by atoms with Crippen molar-refractivity contribution >= 4 is 21.6 Å². The summed E-state index contributed by atoms with van der Waals surface area (Å²) >= 11 is 0. The van der Waals surface area contributed by atoms with Gasteiger partial charge in [-0.15, -0.1) is 0 Å². The molecule has 2 aliphatic carbocycles. The molecule has 0 atom stereocenters. The topological polar surface area (TPSA) is 92.8 Å². The molecule has 30 heavy (non-hydrogen) atoms. The minimum atomic E-state index is -4.16. The number of carbonyl (C=O) groups is 2. The van der Waals surface area contributed by atoms with Gasteiger partial charge in [0, 0.05) is 30.8 Å². The molecule has 0 saturated carbocycles. The van der Waals surface area contributed by atoms with E-state index in [0.717, 1.165) is 19.3 Å². The average molecular weight is 431 g/mol. The normalized spacial score (nSPS) is 20.3. The lowest BCUT2D eigenvalue weighted by Crippen LogP contribution is -2.44. The molecule has 1 fully saturated rings. The van der Waals surface area contributed by atoms with Crippen molar-refractivity contribution in [1.29, 1.82) is 0 Å². The Bertz CT molecular complexity index is 1020. The van der Waals surface area contributed by atoms with E-state index in [0.29, 0.717) is 32.7 Å². The van der Waals surface area contributed by atoms with Crippen molar-refractivity contribution in [2.45, 2.75) is 32.1 Å². The Morgan fingerprint density at radius 2 is 1.70 bits per heavy atom. The zero-order chi connectivity index (χ0) is 21.1. The molecule has 3 aliphatic rings. The number of nitrogens with zero attached hydrogens (tertiary/aromatic N) is 1. The lowest BCUT2D eigenvalue weighted by Gasteiger charge is -2.33. The number of nitrogens with one attached hydrogen (secondary N) is 1. The van der Waals surface area contributed by atoms with Crippen LogP contribution in [0.5, 0.6) is 0 Å². The van der Waals surface area contributed by atoms with E-state index in [1.807, 2.05) is 0 Å². The zero-order valence-electron chi connectivity index (χ0n) is 16.9. The van der Waals surface area contributed by atoms with E-state index in [9.17, 15) is 18.0 Å². The van der Waals surface area contributed by atoms with E-state index in [4.69, 9.17) is 4.74 Å². The number of carbonyl (C=O) groups excluding carboxylic acids is 2. The summed E-state index contributed by atoms with van der Waals surface area (Å²) in [7, 11) is -4.16. The SMILES string of the molecule is O=C1C(N2CCOCC2)=C(S(=O)(=O)NCCC2=CCCCC2)C(=O)c2ccccc21. The van der Waals surface area contributed by atoms with Crippen molar-refractivity contribution in [3.05, 3.63) is 57.6 Å². The molecule has 1 N–H and O–H groups in total. The highest BCUT2D eigenvalue weighted by molar-refractivity contribution is 7.94. The van der Waals surface area contributed by atoms with Gasteiger partial charge in [0.25, 0.3) is 0 Å². The van der Waals surface area contributed by atoms with Gasteiger partial charge in [0.05, 0.1) is 13.2 Å². The number of hydrogen-bond acceptors (Lipinski definition) is 6. The molecule has 0 amide bonds. The van der Waals surface area contributed by atoms with Crippen molar-refractivity contribution in [2.75, 3.05) is 32.8 Å². The first-order valence-electron chi connectivity index (χ1n) is 10.4. The fraction of sp³-hybridized carbons (Fsp3) is 0.455. The van der Waals surface area contributed by atoms with Crippen LogP contribution in [0.3, 0.4) is 0 Å². The lowest BCUT2D eigenvalue weighted by atomic mass is 9.91. The van der Waals surface area contributed by atoms with Crippen molar-refractivity contribution < 1.29 is 22.7 Å². The van der Waals surface area contributed by atoms with Gasteiger partial charge >= 0.3 is 0 Å². The van der Waals surface area contributed by atoms with Crippen LogP contribution < -0.4 is 4.72 Å². The van der Waals surface area contributed by atoms with Crippen molar-refractivity contribution in [3.63, 3.8) is 0 Å². The number of benzene rings is 1. The van der Waals surface area contributed by atoms with Gasteiger partial charge in [0.2, 0.25) is 21.6 Å². The van der Waals surface area contributed by atoms with Gasteiger partial charge in [-0.1, -0.05) is 35.9 Å². The number of sulfonamides is 1. The molecule has 0 bridgehead atoms. The standard InChI is InChI=1S/C22H26N2O5S/c25-20-17-8-4-5-9-18(17)21(26)22(19(20)24-12-14-29-15-13-24)30(27,28)23-11-10-16-6-2-1-3-7-16/h4-6,8-9,23H,1-3,7,10-15H2. The predicted octanol–water partition coefficient (Wildman–Crippen LogP) is 2.42. The number of hydrogen-bond donors (Lipinski definition) is 1. The van der Waals surface area contributed by atoms with Gasteiger partial charge in [0.15, 0.2) is 4.91 Å². The molecule has 8 heteroatoms. The van der Waals surface area contributed by atoms with Gasteiger partial charge in [-0.3, -0.25) is 9.59 Å². The Kier molecular flexibility index (Phi) is 6.17. The van der Waals surface area contributed by atoms with Gasteiger partial charge in [-0.05, 0) is 32.1 Å². The lowest BCUT2D eigenvalue weighted by molar-refractivity contribution is 0.0499. The molecule has 0 radical (unpaired) electrons. The number of ether oxygens (including phenoxy) is 1. The fourth-order valence-corrected chi connectivity index (χ4v) is 5.56. The third kappa shape index (κ3) is 4.12. The molecule has 1 aliphatic heterocycles. The maximum Gasteiger partial charge on any atom is 0.246 e. The van der Waals surface area contributed by atoms with Crippen LogP contribution in [0.4, 0.5) is 0 Å². The third-order valence-electron chi connectivity index (χ3n) is 5.77. The molecule has 0 spiro atoms. The first-order chi connectivity index (χ1) is 14.5. The maximum atomic E-state index is 13.2. The van der Waals surface area contributed by atoms with Crippen LogP contribution in [0.25, 0.3) is 0 Å². The summed E-state index contributed by atoms with van der Waals surface area (Å²) in [5, 5.41) is 0. The van der Waals surface area contributed by atoms with E-state index in [-0.39, 0.29) is 23.4 Å². The van der Waals surface area contributed by atoms with Crippen LogP contribution in [0.15, 0.2) is 46.5 Å². The number of ketones is 2. The van der Waals surface area contributed by atoms with Crippen molar-refractivity contribution in [1.82, 2.24) is 9.62 Å². The molecular formula is C22H26N2O5S. The molecule has 0 aromatic heterocycles. The molecule has 1 heterocycles. The van der Waals surface area contributed by atoms with E-state index in [2.05, 4.69) is 10.8 Å². The monoisotopic (exact) mass is 430 g/mol. The summed E-state index contributed by atoms with van der Waals surface area (Å²) in [5.74, 6) is -1.06. The highest BCUT2D eigenvalue weighted by Crippen LogP contribution is 2.31. The van der Waals surface area contributed by atoms with Gasteiger partial charge in [-0.2, -0.15) is 0 Å². The fourth-order valence-electron chi connectivity index (χ4n) is 4.21. The first kappa shape index (κ1) is 21.0. The minimum absolute atomic E-state index is 0.0358. The molecule has 0 unspecified atom stereocenters. The number of Topliss-reactive ketones (excluding diaryl/α,β-unsaturated/α-hetero) is 2. The van der Waals surface area contributed by atoms with Crippen LogP contribution in [0, 0.1) is 0 Å². The predicted molar refractivity (Wildman–Crippen MR) is 113 cm³/mol. The number of morpholine rings is 1. The Balaban J connectivity index is 1.67. The van der Waals surface area contributed by atoms with Crippen molar-refractivity contribution in [3.8, 4) is 0 Å². The Hall–Kier alpha value is -2.29. The third-order valence-corrected chi connectivity index (χ3v) is 7.27. The number of rotatable bonds is 6. The number of fused-ring (bicyclic) bond motifs is 1. The summed E-state index contributed by atoms with van der Waals surface area (Å²) < 4.78 is 34.4. The second-order valence-corrected chi connectivity index (χ2v) is 9.44. The van der Waals surface area contributed by atoms with Crippen molar-refractivity contribution in [2.24, 2.45) is 0 Å². The summed E-state index contributed by atoms with van der Waals surface area (Å²) in [6, 6.07) is 6.39. The molecule has 1 aromatic rings. The van der Waals surface area contributed by atoms with Crippen LogP contribution in [0.1, 0.15) is 52.8 Å². The Morgan fingerprint density at radius 3 is 2.37 bits per heavy atom. The van der Waals surface area contributed by atoms with E-state index in [1.54, 1.807) is 23.1 Å².